The molecule has 0 bridgehead atoms. The predicted octanol–water partition coefficient (Wildman–Crippen LogP) is 18.3. The molecule has 0 unspecified atom stereocenters. The summed E-state index contributed by atoms with van der Waals surface area (Å²) in [7, 11) is 0. The van der Waals surface area contributed by atoms with Crippen LogP contribution in [-0.4, -0.2) is 37.2 Å². The van der Waals surface area contributed by atoms with E-state index >= 15 is 0 Å². The first-order valence-corrected chi connectivity index (χ1v) is 28.1. The Bertz CT molecular complexity index is 976. The molecule has 0 heterocycles. The van der Waals surface area contributed by atoms with E-state index in [1.165, 1.54) is 193 Å². The molecule has 0 aromatic heterocycles. The summed E-state index contributed by atoms with van der Waals surface area (Å²) in [6.45, 7) is 13.7. The molecule has 0 aliphatic heterocycles. The highest BCUT2D eigenvalue weighted by atomic mass is 16.6. The number of ether oxygens (including phenoxy) is 3. The van der Waals surface area contributed by atoms with E-state index in [9.17, 15) is 14.4 Å². The highest BCUT2D eigenvalue weighted by molar-refractivity contribution is 5.71. The van der Waals surface area contributed by atoms with Crippen molar-refractivity contribution in [3.63, 3.8) is 0 Å². The van der Waals surface area contributed by atoms with Gasteiger partial charge in [0.2, 0.25) is 0 Å². The topological polar surface area (TPSA) is 78.9 Å². The molecule has 0 N–H and O–H groups in total. The maximum atomic E-state index is 12.8. The van der Waals surface area contributed by atoms with Gasteiger partial charge in [0.05, 0.1) is 0 Å². The first kappa shape index (κ1) is 61.4. The van der Waals surface area contributed by atoms with Gasteiger partial charge >= 0.3 is 17.9 Å². The lowest BCUT2D eigenvalue weighted by Crippen LogP contribution is -2.30. The van der Waals surface area contributed by atoms with E-state index in [-0.39, 0.29) is 31.1 Å². The van der Waals surface area contributed by atoms with Gasteiger partial charge < -0.3 is 14.2 Å². The van der Waals surface area contributed by atoms with E-state index in [0.717, 1.165) is 75.5 Å². The number of rotatable bonds is 50. The Hall–Kier alpha value is -1.59. The van der Waals surface area contributed by atoms with Crippen molar-refractivity contribution in [3.05, 3.63) is 0 Å². The second-order valence-electron chi connectivity index (χ2n) is 21.0. The number of unbranched alkanes of at least 4 members (excludes halogenated alkanes) is 33. The summed E-state index contributed by atoms with van der Waals surface area (Å²) in [5.74, 6) is 1.60. The largest absolute Gasteiger partial charge is 0.462 e. The van der Waals surface area contributed by atoms with Crippen molar-refractivity contribution < 1.29 is 28.6 Å². The first-order chi connectivity index (χ1) is 30.6. The van der Waals surface area contributed by atoms with Gasteiger partial charge in [0, 0.05) is 19.3 Å². The zero-order valence-electron chi connectivity index (χ0n) is 43.4. The summed E-state index contributed by atoms with van der Waals surface area (Å²) in [4.78, 5) is 38.0. The number of hydrogen-bond donors (Lipinski definition) is 0. The molecule has 63 heavy (non-hydrogen) atoms. The van der Waals surface area contributed by atoms with Crippen LogP contribution in [0.3, 0.4) is 0 Å². The minimum Gasteiger partial charge on any atom is -0.462 e. The SMILES string of the molecule is CC(C)CCCCCCCCCCCCCCCCCCCCC(=O)OC[C@H](COC(=O)CCCCCCCCCCCCCCC(C)C)OC(=O)CCCCCCCCC(C)C. The van der Waals surface area contributed by atoms with Crippen LogP contribution in [0.15, 0.2) is 0 Å². The fraction of sp³-hybridized carbons (Fsp3) is 0.947. The molecule has 6 heteroatoms. The Morgan fingerprint density at radius 3 is 0.683 bits per heavy atom. The van der Waals surface area contributed by atoms with Crippen LogP contribution >= 0.6 is 0 Å². The summed E-state index contributed by atoms with van der Waals surface area (Å²) < 4.78 is 16.8. The van der Waals surface area contributed by atoms with Crippen LogP contribution in [0.2, 0.25) is 0 Å². The summed E-state index contributed by atoms with van der Waals surface area (Å²) in [6.07, 6.45) is 49.7. The molecule has 6 nitrogen and oxygen atoms in total. The molecular weight excluding hydrogens is 781 g/mol. The average Bonchev–Trinajstić information content (AvgIpc) is 3.24. The van der Waals surface area contributed by atoms with E-state index in [4.69, 9.17) is 14.2 Å². The number of carbonyl (C=O) groups excluding carboxylic acids is 3. The predicted molar refractivity (Wildman–Crippen MR) is 270 cm³/mol. The van der Waals surface area contributed by atoms with Crippen molar-refractivity contribution >= 4 is 17.9 Å². The van der Waals surface area contributed by atoms with Crippen LogP contribution in [0.1, 0.15) is 311 Å². The summed E-state index contributed by atoms with van der Waals surface area (Å²) in [6, 6.07) is 0. The van der Waals surface area contributed by atoms with Gasteiger partial charge in [-0.1, -0.05) is 273 Å². The quantitative estimate of drug-likeness (QED) is 0.0344. The van der Waals surface area contributed by atoms with Gasteiger partial charge in [-0.15, -0.1) is 0 Å². The second kappa shape index (κ2) is 48.3. The van der Waals surface area contributed by atoms with Crippen LogP contribution in [0, 0.1) is 17.8 Å². The van der Waals surface area contributed by atoms with Crippen molar-refractivity contribution in [2.45, 2.75) is 317 Å². The van der Waals surface area contributed by atoms with Gasteiger partial charge in [0.1, 0.15) is 13.2 Å². The van der Waals surface area contributed by atoms with Gasteiger partial charge in [-0.05, 0) is 37.0 Å². The molecule has 0 spiro atoms. The summed E-state index contributed by atoms with van der Waals surface area (Å²) in [5, 5.41) is 0. The third kappa shape index (κ3) is 51.3. The van der Waals surface area contributed by atoms with E-state index in [0.29, 0.717) is 19.3 Å². The van der Waals surface area contributed by atoms with Crippen LogP contribution in [0.4, 0.5) is 0 Å². The Labute approximate surface area is 393 Å². The van der Waals surface area contributed by atoms with Crippen LogP contribution < -0.4 is 0 Å². The lowest BCUT2D eigenvalue weighted by atomic mass is 10.0. The van der Waals surface area contributed by atoms with Gasteiger partial charge in [0.15, 0.2) is 6.10 Å². The Kier molecular flexibility index (Phi) is 47.1. The molecule has 0 aromatic carbocycles. The summed E-state index contributed by atoms with van der Waals surface area (Å²) in [5.41, 5.74) is 0. The van der Waals surface area contributed by atoms with E-state index in [1.807, 2.05) is 0 Å². The van der Waals surface area contributed by atoms with Crippen molar-refractivity contribution in [1.82, 2.24) is 0 Å². The number of hydrogen-bond acceptors (Lipinski definition) is 6. The molecule has 0 radical (unpaired) electrons. The van der Waals surface area contributed by atoms with E-state index in [1.54, 1.807) is 0 Å². The third-order valence-electron chi connectivity index (χ3n) is 12.9. The van der Waals surface area contributed by atoms with Gasteiger partial charge in [-0.2, -0.15) is 0 Å². The third-order valence-corrected chi connectivity index (χ3v) is 12.9. The minimum absolute atomic E-state index is 0.0650. The zero-order chi connectivity index (χ0) is 46.3. The Balaban J connectivity index is 4.17. The fourth-order valence-electron chi connectivity index (χ4n) is 8.65. The Morgan fingerprint density at radius 1 is 0.270 bits per heavy atom. The number of carbonyl (C=O) groups is 3. The molecule has 0 aliphatic rings. The molecule has 1 atom stereocenters. The molecule has 0 saturated heterocycles. The highest BCUT2D eigenvalue weighted by Gasteiger charge is 2.19. The van der Waals surface area contributed by atoms with Gasteiger partial charge in [0.25, 0.3) is 0 Å². The normalized spacial score (nSPS) is 12.1. The molecule has 374 valence electrons. The molecule has 0 rings (SSSR count). The molecule has 0 saturated carbocycles. The van der Waals surface area contributed by atoms with Crippen LogP contribution in [-0.2, 0) is 28.6 Å². The van der Waals surface area contributed by atoms with E-state index < -0.39 is 6.10 Å². The molecule has 0 aliphatic carbocycles. The monoisotopic (exact) mass is 891 g/mol. The summed E-state index contributed by atoms with van der Waals surface area (Å²) >= 11 is 0. The lowest BCUT2D eigenvalue weighted by molar-refractivity contribution is -0.167. The minimum atomic E-state index is -0.763. The zero-order valence-corrected chi connectivity index (χ0v) is 43.4. The van der Waals surface area contributed by atoms with Crippen LogP contribution in [0.25, 0.3) is 0 Å². The Morgan fingerprint density at radius 2 is 0.460 bits per heavy atom. The van der Waals surface area contributed by atoms with Crippen molar-refractivity contribution in [2.24, 2.45) is 17.8 Å². The van der Waals surface area contributed by atoms with Crippen molar-refractivity contribution in [1.29, 1.82) is 0 Å². The molecule has 0 aromatic rings. The second-order valence-corrected chi connectivity index (χ2v) is 21.0. The van der Waals surface area contributed by atoms with E-state index in [2.05, 4.69) is 41.5 Å². The van der Waals surface area contributed by atoms with Crippen molar-refractivity contribution in [3.8, 4) is 0 Å². The average molecular weight is 892 g/mol. The first-order valence-electron chi connectivity index (χ1n) is 28.1. The molecule has 0 fully saturated rings. The van der Waals surface area contributed by atoms with Crippen LogP contribution in [0.5, 0.6) is 0 Å². The molecular formula is C57H110O6. The van der Waals surface area contributed by atoms with Gasteiger partial charge in [-0.25, -0.2) is 0 Å². The highest BCUT2D eigenvalue weighted by Crippen LogP contribution is 2.18. The molecule has 0 amide bonds. The standard InChI is InChI=1S/C57H110O6/c1-51(2)43-37-31-25-21-17-13-11-9-7-8-10-12-14-19-23-27-34-40-46-55(58)61-49-54(63-57(60)48-42-36-30-29-33-39-45-53(5)6)50-62-56(59)47-41-35-28-24-20-16-15-18-22-26-32-38-44-52(3)4/h51-54H,7-50H2,1-6H3/t54-/m1/s1. The van der Waals surface area contributed by atoms with Crippen molar-refractivity contribution in [2.75, 3.05) is 13.2 Å². The van der Waals surface area contributed by atoms with Gasteiger partial charge in [-0.3, -0.25) is 14.4 Å². The number of esters is 3. The lowest BCUT2D eigenvalue weighted by Gasteiger charge is -2.18. The smallest absolute Gasteiger partial charge is 0.306 e. The maximum absolute atomic E-state index is 12.8. The maximum Gasteiger partial charge on any atom is 0.306 e. The fourth-order valence-corrected chi connectivity index (χ4v) is 8.65.